The minimum Gasteiger partial charge on any atom is -0.481 e. The van der Waals surface area contributed by atoms with E-state index in [0.717, 1.165) is 10.6 Å². The summed E-state index contributed by atoms with van der Waals surface area (Å²) in [6, 6.07) is 2.56. The molecule has 0 amide bonds. The van der Waals surface area contributed by atoms with Crippen LogP contribution in [0.4, 0.5) is 4.39 Å². The Labute approximate surface area is 95.2 Å². The van der Waals surface area contributed by atoms with Gasteiger partial charge in [-0.05, 0) is 19.1 Å². The van der Waals surface area contributed by atoms with Crippen molar-refractivity contribution in [2.45, 2.75) is 13.3 Å². The second kappa shape index (κ2) is 3.97. The van der Waals surface area contributed by atoms with Crippen LogP contribution < -0.4 is 5.56 Å². The topological polar surface area (TPSA) is 71.7 Å². The number of aliphatic carboxylic acids is 1. The first kappa shape index (κ1) is 11.3. The number of carbonyl (C=O) groups is 1. The van der Waals surface area contributed by atoms with Crippen molar-refractivity contribution in [3.63, 3.8) is 0 Å². The molecule has 0 aliphatic heterocycles. The van der Waals surface area contributed by atoms with E-state index in [4.69, 9.17) is 5.11 Å². The Bertz CT molecular complexity index is 664. The molecule has 0 spiro atoms. The van der Waals surface area contributed by atoms with Gasteiger partial charge in [-0.15, -0.1) is 0 Å². The third-order valence-electron chi connectivity index (χ3n) is 2.41. The Morgan fingerprint density at radius 1 is 1.53 bits per heavy atom. The van der Waals surface area contributed by atoms with Crippen molar-refractivity contribution < 1.29 is 14.3 Å². The van der Waals surface area contributed by atoms with E-state index >= 15 is 0 Å². The lowest BCUT2D eigenvalue weighted by Crippen LogP contribution is -2.23. The average Bonchev–Trinajstić information content (AvgIpc) is 2.25. The number of halogens is 1. The van der Waals surface area contributed by atoms with Crippen LogP contribution >= 0.6 is 0 Å². The zero-order valence-electron chi connectivity index (χ0n) is 8.98. The number of aromatic nitrogens is 2. The summed E-state index contributed by atoms with van der Waals surface area (Å²) in [6.45, 7) is 1.56. The number of rotatable bonds is 2. The van der Waals surface area contributed by atoms with E-state index in [1.165, 1.54) is 12.1 Å². The summed E-state index contributed by atoms with van der Waals surface area (Å²) in [5.74, 6) is -1.70. The highest BCUT2D eigenvalue weighted by Gasteiger charge is 2.13. The minimum absolute atomic E-state index is 0.0700. The van der Waals surface area contributed by atoms with Crippen LogP contribution in [0.15, 0.2) is 23.1 Å². The molecule has 2 heterocycles. The zero-order chi connectivity index (χ0) is 12.6. The summed E-state index contributed by atoms with van der Waals surface area (Å²) in [7, 11) is 0. The molecule has 0 bridgehead atoms. The maximum absolute atomic E-state index is 13.0. The molecular weight excluding hydrogens is 227 g/mol. The summed E-state index contributed by atoms with van der Waals surface area (Å²) in [5.41, 5.74) is 0.169. The number of pyridine rings is 1. The van der Waals surface area contributed by atoms with E-state index in [1.54, 1.807) is 6.92 Å². The van der Waals surface area contributed by atoms with Crippen molar-refractivity contribution in [3.8, 4) is 0 Å². The van der Waals surface area contributed by atoms with Gasteiger partial charge in [-0.2, -0.15) is 0 Å². The van der Waals surface area contributed by atoms with Gasteiger partial charge in [0, 0.05) is 11.9 Å². The molecule has 0 radical (unpaired) electrons. The molecular formula is C11H9FN2O3. The lowest BCUT2D eigenvalue weighted by Gasteiger charge is -2.05. The Kier molecular flexibility index (Phi) is 2.63. The van der Waals surface area contributed by atoms with Crippen LogP contribution in [0.1, 0.15) is 11.3 Å². The van der Waals surface area contributed by atoms with Crippen LogP contribution in [0.5, 0.6) is 0 Å². The summed E-state index contributed by atoms with van der Waals surface area (Å²) in [5, 5.41) is 8.69. The van der Waals surface area contributed by atoms with Gasteiger partial charge in [0.1, 0.15) is 11.5 Å². The molecule has 2 aromatic heterocycles. The summed E-state index contributed by atoms with van der Waals surface area (Å²) in [6.07, 6.45) is 0.576. The van der Waals surface area contributed by atoms with Gasteiger partial charge in [0.15, 0.2) is 0 Å². The van der Waals surface area contributed by atoms with Crippen molar-refractivity contribution in [3.05, 3.63) is 45.8 Å². The monoisotopic (exact) mass is 236 g/mol. The standard InChI is InChI=1S/C11H9FN2O3/c1-6-8(4-10(15)16)11(17)14-5-7(12)2-3-9(14)13-6/h2-3,5H,4H2,1H3,(H,15,16). The fourth-order valence-electron chi connectivity index (χ4n) is 1.61. The van der Waals surface area contributed by atoms with E-state index in [-0.39, 0.29) is 5.56 Å². The summed E-state index contributed by atoms with van der Waals surface area (Å²) >= 11 is 0. The van der Waals surface area contributed by atoms with Gasteiger partial charge < -0.3 is 5.11 Å². The van der Waals surface area contributed by atoms with Crippen molar-refractivity contribution in [2.24, 2.45) is 0 Å². The molecule has 0 saturated heterocycles. The molecule has 6 heteroatoms. The van der Waals surface area contributed by atoms with Gasteiger partial charge in [-0.3, -0.25) is 14.0 Å². The molecule has 0 aromatic carbocycles. The minimum atomic E-state index is -1.12. The highest BCUT2D eigenvalue weighted by Crippen LogP contribution is 2.06. The summed E-state index contributed by atoms with van der Waals surface area (Å²) in [4.78, 5) is 26.6. The molecule has 0 saturated carbocycles. The maximum atomic E-state index is 13.0. The number of carboxylic acid groups (broad SMARTS) is 1. The van der Waals surface area contributed by atoms with Gasteiger partial charge in [0.05, 0.1) is 12.0 Å². The van der Waals surface area contributed by atoms with Crippen molar-refractivity contribution in [1.29, 1.82) is 0 Å². The molecule has 5 nitrogen and oxygen atoms in total. The Morgan fingerprint density at radius 3 is 2.88 bits per heavy atom. The quantitative estimate of drug-likeness (QED) is 0.835. The zero-order valence-corrected chi connectivity index (χ0v) is 8.98. The second-order valence-corrected chi connectivity index (χ2v) is 3.63. The smallest absolute Gasteiger partial charge is 0.308 e. The number of fused-ring (bicyclic) bond motifs is 1. The first-order valence-electron chi connectivity index (χ1n) is 4.88. The highest BCUT2D eigenvalue weighted by atomic mass is 19.1. The highest BCUT2D eigenvalue weighted by molar-refractivity contribution is 5.70. The van der Waals surface area contributed by atoms with Gasteiger partial charge in [0.25, 0.3) is 5.56 Å². The van der Waals surface area contributed by atoms with Crippen molar-refractivity contribution >= 4 is 11.6 Å². The van der Waals surface area contributed by atoms with Crippen LogP contribution in [0.25, 0.3) is 5.65 Å². The average molecular weight is 236 g/mol. The number of nitrogens with zero attached hydrogens (tertiary/aromatic N) is 2. The first-order valence-corrected chi connectivity index (χ1v) is 4.88. The number of hydrogen-bond acceptors (Lipinski definition) is 3. The summed E-state index contributed by atoms with van der Waals surface area (Å²) < 4.78 is 14.0. The largest absolute Gasteiger partial charge is 0.481 e. The molecule has 0 fully saturated rings. The first-order chi connectivity index (χ1) is 7.99. The van der Waals surface area contributed by atoms with E-state index in [9.17, 15) is 14.0 Å². The normalized spacial score (nSPS) is 10.7. The van der Waals surface area contributed by atoms with E-state index < -0.39 is 23.8 Å². The van der Waals surface area contributed by atoms with E-state index in [0.29, 0.717) is 11.3 Å². The molecule has 0 unspecified atom stereocenters. The van der Waals surface area contributed by atoms with Crippen LogP contribution in [-0.4, -0.2) is 20.5 Å². The Hall–Kier alpha value is -2.24. The Morgan fingerprint density at radius 2 is 2.24 bits per heavy atom. The Balaban J connectivity index is 2.78. The van der Waals surface area contributed by atoms with E-state index in [2.05, 4.69) is 4.98 Å². The molecule has 2 aromatic rings. The SMILES string of the molecule is Cc1nc2ccc(F)cn2c(=O)c1CC(=O)O. The lowest BCUT2D eigenvalue weighted by molar-refractivity contribution is -0.136. The fourth-order valence-corrected chi connectivity index (χ4v) is 1.61. The predicted molar refractivity (Wildman–Crippen MR) is 57.5 cm³/mol. The molecule has 2 rings (SSSR count). The lowest BCUT2D eigenvalue weighted by atomic mass is 10.1. The number of carboxylic acids is 1. The third-order valence-corrected chi connectivity index (χ3v) is 2.41. The molecule has 0 aliphatic carbocycles. The predicted octanol–water partition coefficient (Wildman–Crippen LogP) is 0.769. The molecule has 17 heavy (non-hydrogen) atoms. The molecule has 88 valence electrons. The fraction of sp³-hybridized carbons (Fsp3) is 0.182. The molecule has 1 N–H and O–H groups in total. The second-order valence-electron chi connectivity index (χ2n) is 3.63. The van der Waals surface area contributed by atoms with Crippen LogP contribution in [0, 0.1) is 12.7 Å². The number of hydrogen-bond donors (Lipinski definition) is 1. The molecule has 0 atom stereocenters. The third kappa shape index (κ3) is 2.01. The van der Waals surface area contributed by atoms with Gasteiger partial charge in [-0.1, -0.05) is 0 Å². The number of aryl methyl sites for hydroxylation is 1. The van der Waals surface area contributed by atoms with E-state index in [1.807, 2.05) is 0 Å². The van der Waals surface area contributed by atoms with Gasteiger partial charge in [-0.25, -0.2) is 9.37 Å². The van der Waals surface area contributed by atoms with Gasteiger partial charge in [0.2, 0.25) is 0 Å². The van der Waals surface area contributed by atoms with Crippen molar-refractivity contribution in [2.75, 3.05) is 0 Å². The van der Waals surface area contributed by atoms with Crippen LogP contribution in [0.2, 0.25) is 0 Å². The van der Waals surface area contributed by atoms with Crippen LogP contribution in [0.3, 0.4) is 0 Å². The molecule has 0 aliphatic rings. The maximum Gasteiger partial charge on any atom is 0.308 e. The van der Waals surface area contributed by atoms with Crippen LogP contribution in [-0.2, 0) is 11.2 Å². The van der Waals surface area contributed by atoms with Gasteiger partial charge >= 0.3 is 5.97 Å². The van der Waals surface area contributed by atoms with Crippen molar-refractivity contribution in [1.82, 2.24) is 9.38 Å².